The fourth-order valence-electron chi connectivity index (χ4n) is 5.70. The van der Waals surface area contributed by atoms with Crippen LogP contribution in [0.2, 0.25) is 0 Å². The minimum atomic E-state index is -4.78. The molecule has 2 fully saturated rings. The summed E-state index contributed by atoms with van der Waals surface area (Å²) in [7, 11) is 0. The number of alkyl halides is 3. The molecule has 2 N–H and O–H groups in total. The summed E-state index contributed by atoms with van der Waals surface area (Å²) in [4.78, 5) is 29.0. The first-order valence-electron chi connectivity index (χ1n) is 12.6. The Labute approximate surface area is 215 Å². The van der Waals surface area contributed by atoms with E-state index < -0.39 is 12.3 Å². The molecule has 3 amide bonds. The zero-order valence-corrected chi connectivity index (χ0v) is 21.5. The second kappa shape index (κ2) is 9.91. The highest BCUT2D eigenvalue weighted by molar-refractivity contribution is 5.94. The molecule has 0 aromatic heterocycles. The first-order chi connectivity index (χ1) is 17.3. The van der Waals surface area contributed by atoms with Gasteiger partial charge in [-0.1, -0.05) is 32.9 Å². The summed E-state index contributed by atoms with van der Waals surface area (Å²) >= 11 is 0. The Kier molecular flexibility index (Phi) is 7.18. The van der Waals surface area contributed by atoms with E-state index in [2.05, 4.69) is 25.5 Å². The number of rotatable bonds is 5. The van der Waals surface area contributed by atoms with Crippen molar-refractivity contribution in [3.63, 3.8) is 0 Å². The van der Waals surface area contributed by atoms with E-state index in [9.17, 15) is 22.8 Å². The van der Waals surface area contributed by atoms with E-state index in [0.717, 1.165) is 37.7 Å². The van der Waals surface area contributed by atoms with Gasteiger partial charge in [-0.3, -0.25) is 9.69 Å². The smallest absolute Gasteiger partial charge is 0.406 e. The fraction of sp³-hybridized carbons (Fsp3) is 0.500. The molecule has 2 aromatic carbocycles. The Bertz CT molecular complexity index is 1120. The summed E-state index contributed by atoms with van der Waals surface area (Å²) in [6.45, 7) is 7.62. The van der Waals surface area contributed by atoms with Crippen molar-refractivity contribution in [2.75, 3.05) is 11.4 Å². The molecule has 1 spiro atoms. The van der Waals surface area contributed by atoms with Crippen LogP contribution in [0.5, 0.6) is 5.75 Å². The molecule has 1 saturated heterocycles. The van der Waals surface area contributed by atoms with Crippen LogP contribution in [0.3, 0.4) is 0 Å². The lowest BCUT2D eigenvalue weighted by Crippen LogP contribution is -2.63. The molecule has 2 aliphatic rings. The quantitative estimate of drug-likeness (QED) is 0.493. The molecule has 0 bridgehead atoms. The van der Waals surface area contributed by atoms with Gasteiger partial charge in [0.05, 0.1) is 0 Å². The molecule has 0 unspecified atom stereocenters. The maximum Gasteiger partial charge on any atom is 0.573 e. The number of halogens is 3. The van der Waals surface area contributed by atoms with Crippen LogP contribution in [0, 0.1) is 11.3 Å². The van der Waals surface area contributed by atoms with E-state index in [0.29, 0.717) is 30.3 Å². The van der Waals surface area contributed by atoms with Crippen molar-refractivity contribution in [2.24, 2.45) is 17.1 Å². The maximum atomic E-state index is 13.9. The monoisotopic (exact) mass is 517 g/mol. The van der Waals surface area contributed by atoms with Gasteiger partial charge in [0.25, 0.3) is 0 Å². The normalized spacial score (nSPS) is 22.9. The molecule has 6 nitrogen and oxygen atoms in total. The Hall–Kier alpha value is -3.23. The molecule has 9 heteroatoms. The molecular formula is C28H34F3N3O3. The van der Waals surface area contributed by atoms with Crippen LogP contribution in [0.4, 0.5) is 23.7 Å². The topological polar surface area (TPSA) is 75.9 Å². The van der Waals surface area contributed by atoms with Gasteiger partial charge in [-0.05, 0) is 85.4 Å². The van der Waals surface area contributed by atoms with Crippen molar-refractivity contribution in [1.82, 2.24) is 4.90 Å². The summed E-state index contributed by atoms with van der Waals surface area (Å²) in [5.74, 6) is -0.269. The van der Waals surface area contributed by atoms with Crippen LogP contribution in [-0.4, -0.2) is 35.3 Å². The summed E-state index contributed by atoms with van der Waals surface area (Å²) in [5.41, 5.74) is 7.08. The first-order valence-corrected chi connectivity index (χ1v) is 12.6. The van der Waals surface area contributed by atoms with Gasteiger partial charge >= 0.3 is 12.4 Å². The summed E-state index contributed by atoms with van der Waals surface area (Å²) < 4.78 is 41.7. The Morgan fingerprint density at radius 2 is 1.59 bits per heavy atom. The Morgan fingerprint density at radius 3 is 2.11 bits per heavy atom. The predicted molar refractivity (Wildman–Crippen MR) is 135 cm³/mol. The number of nitrogens with two attached hydrogens (primary N) is 1. The average molecular weight is 518 g/mol. The molecular weight excluding hydrogens is 483 g/mol. The number of anilines is 1. The van der Waals surface area contributed by atoms with Gasteiger partial charge in [-0.25, -0.2) is 4.79 Å². The number of urea groups is 1. The summed E-state index contributed by atoms with van der Waals surface area (Å²) in [6, 6.07) is 12.2. The van der Waals surface area contributed by atoms with Crippen molar-refractivity contribution in [2.45, 2.75) is 71.3 Å². The summed E-state index contributed by atoms with van der Waals surface area (Å²) in [5, 5.41) is 0. The van der Waals surface area contributed by atoms with Crippen molar-refractivity contribution in [3.8, 4) is 5.75 Å². The van der Waals surface area contributed by atoms with Crippen molar-refractivity contribution in [1.29, 1.82) is 0 Å². The molecule has 1 aliphatic carbocycles. The number of hydrogen-bond acceptors (Lipinski definition) is 3. The molecule has 4 rings (SSSR count). The molecule has 1 saturated carbocycles. The number of carbonyl (C=O) groups is 2. The molecule has 0 atom stereocenters. The van der Waals surface area contributed by atoms with Gasteiger partial charge < -0.3 is 15.4 Å². The zero-order valence-electron chi connectivity index (χ0n) is 21.5. The second-order valence-electron chi connectivity index (χ2n) is 11.2. The number of nitrogens with zero attached hydrogens (tertiary/aromatic N) is 2. The molecule has 37 heavy (non-hydrogen) atoms. The van der Waals surface area contributed by atoms with E-state index >= 15 is 0 Å². The molecule has 0 radical (unpaired) electrons. The van der Waals surface area contributed by atoms with Crippen molar-refractivity contribution >= 4 is 17.6 Å². The third kappa shape index (κ3) is 6.02. The lowest BCUT2D eigenvalue weighted by Gasteiger charge is -2.54. The molecule has 200 valence electrons. The molecule has 1 aliphatic heterocycles. The Morgan fingerprint density at radius 1 is 1.00 bits per heavy atom. The lowest BCUT2D eigenvalue weighted by molar-refractivity contribution is -0.274. The second-order valence-corrected chi connectivity index (χ2v) is 11.2. The largest absolute Gasteiger partial charge is 0.573 e. The highest BCUT2D eigenvalue weighted by atomic mass is 19.4. The van der Waals surface area contributed by atoms with E-state index in [1.54, 1.807) is 17.0 Å². The van der Waals surface area contributed by atoms with Crippen LogP contribution < -0.4 is 15.4 Å². The third-order valence-corrected chi connectivity index (χ3v) is 7.94. The highest BCUT2D eigenvalue weighted by Gasteiger charge is 2.48. The first kappa shape index (κ1) is 26.8. The highest BCUT2D eigenvalue weighted by Crippen LogP contribution is 2.47. The van der Waals surface area contributed by atoms with E-state index in [1.807, 2.05) is 17.0 Å². The fourth-order valence-corrected chi connectivity index (χ4v) is 5.70. The minimum absolute atomic E-state index is 0.177. The molecule has 2 aromatic rings. The zero-order chi connectivity index (χ0) is 27.0. The van der Waals surface area contributed by atoms with Crippen LogP contribution in [0.25, 0.3) is 0 Å². The van der Waals surface area contributed by atoms with Crippen LogP contribution in [-0.2, 0) is 6.54 Å². The third-order valence-electron chi connectivity index (χ3n) is 7.94. The minimum Gasteiger partial charge on any atom is -0.406 e. The summed E-state index contributed by atoms with van der Waals surface area (Å²) in [6.07, 6.45) is -0.176. The van der Waals surface area contributed by atoms with Crippen molar-refractivity contribution in [3.05, 3.63) is 59.7 Å². The molecule has 1 heterocycles. The number of amides is 3. The van der Waals surface area contributed by atoms with Crippen LogP contribution in [0.15, 0.2) is 48.5 Å². The van der Waals surface area contributed by atoms with Crippen molar-refractivity contribution < 1.29 is 27.5 Å². The number of benzene rings is 2. The van der Waals surface area contributed by atoms with Gasteiger partial charge in [0.1, 0.15) is 5.75 Å². The number of ether oxygens (including phenoxy) is 1. The van der Waals surface area contributed by atoms with E-state index in [-0.39, 0.29) is 22.7 Å². The number of primary amides is 1. The van der Waals surface area contributed by atoms with Crippen LogP contribution in [0.1, 0.15) is 68.8 Å². The van der Waals surface area contributed by atoms with Gasteiger partial charge in [-0.2, -0.15) is 0 Å². The maximum absolute atomic E-state index is 13.9. The van der Waals surface area contributed by atoms with Gasteiger partial charge in [0.15, 0.2) is 0 Å². The van der Waals surface area contributed by atoms with Gasteiger partial charge in [0.2, 0.25) is 5.91 Å². The van der Waals surface area contributed by atoms with E-state index in [1.165, 1.54) is 24.3 Å². The lowest BCUT2D eigenvalue weighted by atomic mass is 9.65. The SMILES string of the molecule is CC(C)(C)C1CCC2(CC1)CCN(c1ccc(OC(F)(F)F)cc1)C(=O)N2Cc1ccc(C(N)=O)cc1. The predicted octanol–water partition coefficient (Wildman–Crippen LogP) is 6.49. The van der Waals surface area contributed by atoms with Gasteiger partial charge in [-0.15, -0.1) is 13.2 Å². The number of hydrogen-bond donors (Lipinski definition) is 1. The van der Waals surface area contributed by atoms with Gasteiger partial charge in [0, 0.05) is 29.9 Å². The standard InChI is InChI=1S/C28H34F3N3O3/c1-26(2,3)21-12-14-27(15-13-21)16-17-33(22-8-10-23(11-9-22)37-28(29,30)31)25(36)34(27)18-19-4-6-20(7-5-19)24(32)35/h4-11,21H,12-18H2,1-3H3,(H2,32,35). The van der Waals surface area contributed by atoms with Crippen LogP contribution >= 0.6 is 0 Å². The Balaban J connectivity index is 1.60. The number of carbonyl (C=O) groups excluding carboxylic acids is 2. The van der Waals surface area contributed by atoms with E-state index in [4.69, 9.17) is 5.73 Å². The average Bonchev–Trinajstić information content (AvgIpc) is 2.82.